The van der Waals surface area contributed by atoms with Gasteiger partial charge in [-0.05, 0) is 25.0 Å². The van der Waals surface area contributed by atoms with E-state index in [9.17, 15) is 0 Å². The molecule has 0 saturated heterocycles. The lowest BCUT2D eigenvalue weighted by atomic mass is 9.58. The van der Waals surface area contributed by atoms with E-state index in [1.165, 1.54) is 38.5 Å². The van der Waals surface area contributed by atoms with Crippen LogP contribution in [0, 0.1) is 5.41 Å². The highest BCUT2D eigenvalue weighted by atomic mass is 16.5. The monoisotopic (exact) mass is 275 g/mol. The van der Waals surface area contributed by atoms with E-state index in [4.69, 9.17) is 15.2 Å². The van der Waals surface area contributed by atoms with Gasteiger partial charge in [0.25, 0.3) is 0 Å². The maximum absolute atomic E-state index is 6.36. The molecule has 110 valence electrons. The first-order valence-corrected chi connectivity index (χ1v) is 7.81. The Morgan fingerprint density at radius 3 is 2.30 bits per heavy atom. The van der Waals surface area contributed by atoms with E-state index in [1.807, 2.05) is 24.3 Å². The van der Waals surface area contributed by atoms with Crippen LogP contribution in [0.2, 0.25) is 0 Å². The van der Waals surface area contributed by atoms with Crippen LogP contribution in [-0.2, 0) is 0 Å². The molecule has 20 heavy (non-hydrogen) atoms. The molecular weight excluding hydrogens is 250 g/mol. The van der Waals surface area contributed by atoms with Crippen molar-refractivity contribution in [3.8, 4) is 11.5 Å². The Morgan fingerprint density at radius 1 is 1.05 bits per heavy atom. The average molecular weight is 275 g/mol. The fraction of sp³-hybridized carbons (Fsp3) is 0.647. The molecule has 2 N–H and O–H groups in total. The molecule has 1 aromatic rings. The van der Waals surface area contributed by atoms with Crippen molar-refractivity contribution < 1.29 is 9.47 Å². The second-order valence-corrected chi connectivity index (χ2v) is 6.25. The van der Waals surface area contributed by atoms with Crippen LogP contribution in [0.1, 0.15) is 44.9 Å². The summed E-state index contributed by atoms with van der Waals surface area (Å²) in [6, 6.07) is 8.22. The minimum Gasteiger partial charge on any atom is -0.493 e. The van der Waals surface area contributed by atoms with Gasteiger partial charge in [-0.3, -0.25) is 0 Å². The summed E-state index contributed by atoms with van der Waals surface area (Å²) in [6.45, 7) is 0. The van der Waals surface area contributed by atoms with Crippen LogP contribution in [0.15, 0.2) is 24.3 Å². The SMILES string of the molecule is COc1ccccc1OC1CC(N)C12CCCCCC2. The van der Waals surface area contributed by atoms with E-state index < -0.39 is 0 Å². The summed E-state index contributed by atoms with van der Waals surface area (Å²) in [5.41, 5.74) is 6.57. The Hall–Kier alpha value is -1.22. The Balaban J connectivity index is 1.77. The van der Waals surface area contributed by atoms with Crippen LogP contribution in [0.5, 0.6) is 11.5 Å². The smallest absolute Gasteiger partial charge is 0.161 e. The molecule has 2 aliphatic rings. The van der Waals surface area contributed by atoms with Crippen molar-refractivity contribution >= 4 is 0 Å². The van der Waals surface area contributed by atoms with Gasteiger partial charge >= 0.3 is 0 Å². The normalized spacial score (nSPS) is 28.5. The molecule has 0 bridgehead atoms. The van der Waals surface area contributed by atoms with Gasteiger partial charge in [0.2, 0.25) is 0 Å². The van der Waals surface area contributed by atoms with Gasteiger partial charge in [-0.15, -0.1) is 0 Å². The molecule has 2 atom stereocenters. The van der Waals surface area contributed by atoms with Gasteiger partial charge in [-0.2, -0.15) is 0 Å². The molecule has 0 aromatic heterocycles. The lowest BCUT2D eigenvalue weighted by molar-refractivity contribution is -0.0778. The first-order valence-electron chi connectivity index (χ1n) is 7.81. The Labute approximate surface area is 121 Å². The molecule has 3 heteroatoms. The van der Waals surface area contributed by atoms with Crippen LogP contribution in [0.4, 0.5) is 0 Å². The standard InChI is InChI=1S/C17H25NO2/c1-19-13-8-4-5-9-14(13)20-16-12-15(18)17(16)10-6-2-3-7-11-17/h4-5,8-9,15-16H,2-3,6-7,10-12,18H2,1H3. The predicted octanol–water partition coefficient (Wildman–Crippen LogP) is 3.51. The summed E-state index contributed by atoms with van der Waals surface area (Å²) in [7, 11) is 1.69. The maximum atomic E-state index is 6.36. The highest BCUT2D eigenvalue weighted by Gasteiger charge is 2.54. The first kappa shape index (κ1) is 13.7. The van der Waals surface area contributed by atoms with Gasteiger partial charge < -0.3 is 15.2 Å². The lowest BCUT2D eigenvalue weighted by Crippen LogP contribution is -2.63. The third-order valence-electron chi connectivity index (χ3n) is 5.22. The molecule has 0 aliphatic heterocycles. The van der Waals surface area contributed by atoms with Crippen LogP contribution < -0.4 is 15.2 Å². The number of hydrogen-bond acceptors (Lipinski definition) is 3. The number of methoxy groups -OCH3 is 1. The molecule has 2 fully saturated rings. The van der Waals surface area contributed by atoms with Crippen LogP contribution >= 0.6 is 0 Å². The Bertz CT molecular complexity index is 452. The second kappa shape index (κ2) is 5.65. The molecule has 2 saturated carbocycles. The molecule has 2 unspecified atom stereocenters. The molecule has 0 radical (unpaired) electrons. The van der Waals surface area contributed by atoms with E-state index >= 15 is 0 Å². The van der Waals surface area contributed by atoms with Crippen molar-refractivity contribution in [1.82, 2.24) is 0 Å². The molecule has 1 spiro atoms. The zero-order valence-corrected chi connectivity index (χ0v) is 12.3. The van der Waals surface area contributed by atoms with Crippen molar-refractivity contribution in [2.24, 2.45) is 11.1 Å². The van der Waals surface area contributed by atoms with Gasteiger partial charge in [0.05, 0.1) is 7.11 Å². The molecule has 0 heterocycles. The number of para-hydroxylation sites is 2. The average Bonchev–Trinajstić information content (AvgIpc) is 2.75. The Kier molecular flexibility index (Phi) is 3.88. The predicted molar refractivity (Wildman–Crippen MR) is 80.1 cm³/mol. The quantitative estimate of drug-likeness (QED) is 0.918. The van der Waals surface area contributed by atoms with Crippen molar-refractivity contribution in [2.45, 2.75) is 57.1 Å². The van der Waals surface area contributed by atoms with Crippen LogP contribution in [0.3, 0.4) is 0 Å². The molecule has 2 aliphatic carbocycles. The summed E-state index contributed by atoms with van der Waals surface area (Å²) < 4.78 is 11.7. The van der Waals surface area contributed by atoms with E-state index in [1.54, 1.807) is 7.11 Å². The molecule has 0 amide bonds. The topological polar surface area (TPSA) is 44.5 Å². The van der Waals surface area contributed by atoms with Crippen molar-refractivity contribution in [1.29, 1.82) is 0 Å². The zero-order chi connectivity index (χ0) is 14.0. The number of rotatable bonds is 3. The Morgan fingerprint density at radius 2 is 1.70 bits per heavy atom. The highest BCUT2D eigenvalue weighted by Crippen LogP contribution is 2.52. The lowest BCUT2D eigenvalue weighted by Gasteiger charge is -2.54. The zero-order valence-electron chi connectivity index (χ0n) is 12.3. The third-order valence-corrected chi connectivity index (χ3v) is 5.22. The number of nitrogens with two attached hydrogens (primary N) is 1. The molecular formula is C17H25NO2. The van der Waals surface area contributed by atoms with E-state index in [-0.39, 0.29) is 11.5 Å². The highest BCUT2D eigenvalue weighted by molar-refractivity contribution is 5.40. The number of benzene rings is 1. The number of hydrogen-bond donors (Lipinski definition) is 1. The first-order chi connectivity index (χ1) is 9.76. The van der Waals surface area contributed by atoms with Gasteiger partial charge in [0.1, 0.15) is 6.10 Å². The summed E-state index contributed by atoms with van der Waals surface area (Å²) in [5, 5.41) is 0. The third kappa shape index (κ3) is 2.28. The van der Waals surface area contributed by atoms with Crippen molar-refractivity contribution in [2.75, 3.05) is 7.11 Å². The maximum Gasteiger partial charge on any atom is 0.161 e. The van der Waals surface area contributed by atoms with Crippen LogP contribution in [-0.4, -0.2) is 19.3 Å². The van der Waals surface area contributed by atoms with Gasteiger partial charge in [-0.25, -0.2) is 0 Å². The fourth-order valence-electron chi connectivity index (χ4n) is 3.89. The molecule has 1 aromatic carbocycles. The van der Waals surface area contributed by atoms with Gasteiger partial charge in [0.15, 0.2) is 11.5 Å². The minimum absolute atomic E-state index is 0.206. The summed E-state index contributed by atoms with van der Waals surface area (Å²) >= 11 is 0. The number of ether oxygens (including phenoxy) is 2. The van der Waals surface area contributed by atoms with E-state index in [0.29, 0.717) is 6.04 Å². The molecule has 3 nitrogen and oxygen atoms in total. The van der Waals surface area contributed by atoms with Gasteiger partial charge in [0, 0.05) is 17.9 Å². The van der Waals surface area contributed by atoms with Crippen LogP contribution in [0.25, 0.3) is 0 Å². The van der Waals surface area contributed by atoms with E-state index in [0.717, 1.165) is 17.9 Å². The summed E-state index contributed by atoms with van der Waals surface area (Å²) in [4.78, 5) is 0. The van der Waals surface area contributed by atoms with Gasteiger partial charge in [-0.1, -0.05) is 37.8 Å². The minimum atomic E-state index is 0.206. The van der Waals surface area contributed by atoms with Crippen molar-refractivity contribution in [3.05, 3.63) is 24.3 Å². The van der Waals surface area contributed by atoms with Crippen molar-refractivity contribution in [3.63, 3.8) is 0 Å². The van der Waals surface area contributed by atoms with E-state index in [2.05, 4.69) is 0 Å². The fourth-order valence-corrected chi connectivity index (χ4v) is 3.89. The summed E-state index contributed by atoms with van der Waals surface area (Å²) in [6.07, 6.45) is 8.93. The summed E-state index contributed by atoms with van der Waals surface area (Å²) in [5.74, 6) is 1.67. The largest absolute Gasteiger partial charge is 0.493 e. The molecule has 3 rings (SSSR count). The second-order valence-electron chi connectivity index (χ2n) is 6.25.